The first-order valence-electron chi connectivity index (χ1n) is 8.78. The Morgan fingerprint density at radius 2 is 1.72 bits per heavy atom. The maximum Gasteiger partial charge on any atom is 0.416 e. The molecule has 0 saturated heterocycles. The number of aromatic nitrogens is 1. The lowest BCUT2D eigenvalue weighted by Crippen LogP contribution is -2.04. The zero-order chi connectivity index (χ0) is 20.9. The Bertz CT molecular complexity index is 965. The minimum absolute atomic E-state index is 0.0870. The number of hydrogen-bond acceptors (Lipinski definition) is 5. The van der Waals surface area contributed by atoms with Gasteiger partial charge in [-0.05, 0) is 61.4 Å². The Hall–Kier alpha value is -2.87. The number of oxime groups is 1. The van der Waals surface area contributed by atoms with Gasteiger partial charge in [-0.3, -0.25) is 0 Å². The molecule has 0 aliphatic rings. The van der Waals surface area contributed by atoms with Gasteiger partial charge in [0, 0.05) is 5.38 Å². The van der Waals surface area contributed by atoms with Gasteiger partial charge >= 0.3 is 6.18 Å². The minimum atomic E-state index is -4.34. The first-order chi connectivity index (χ1) is 13.8. The van der Waals surface area contributed by atoms with Gasteiger partial charge in [-0.25, -0.2) is 4.98 Å². The van der Waals surface area contributed by atoms with Crippen molar-refractivity contribution in [1.29, 1.82) is 0 Å². The smallest absolute Gasteiger partial charge is 0.416 e. The number of halogens is 3. The number of rotatable bonds is 7. The van der Waals surface area contributed by atoms with E-state index in [2.05, 4.69) is 10.1 Å². The number of thiazole rings is 1. The molecule has 0 atom stereocenters. The van der Waals surface area contributed by atoms with E-state index in [9.17, 15) is 13.2 Å². The van der Waals surface area contributed by atoms with Crippen LogP contribution in [0.5, 0.6) is 5.75 Å². The molecule has 0 radical (unpaired) electrons. The van der Waals surface area contributed by atoms with E-state index < -0.39 is 11.7 Å². The largest absolute Gasteiger partial charge is 0.487 e. The predicted octanol–water partition coefficient (Wildman–Crippen LogP) is 5.99. The van der Waals surface area contributed by atoms with Crippen LogP contribution in [-0.2, 0) is 24.2 Å². The Kier molecular flexibility index (Phi) is 6.53. The molecule has 1 heterocycles. The van der Waals surface area contributed by atoms with Crippen molar-refractivity contribution >= 4 is 17.0 Å². The third-order valence-corrected chi connectivity index (χ3v) is 4.86. The molecule has 0 saturated carbocycles. The molecule has 0 spiro atoms. The topological polar surface area (TPSA) is 43.7 Å². The Morgan fingerprint density at radius 1 is 1.03 bits per heavy atom. The molecule has 3 aromatic rings. The second-order valence-electron chi connectivity index (χ2n) is 6.32. The fraction of sp³-hybridized carbons (Fsp3) is 0.238. The van der Waals surface area contributed by atoms with E-state index in [1.807, 2.05) is 36.6 Å². The molecule has 0 unspecified atom stereocenters. The summed E-state index contributed by atoms with van der Waals surface area (Å²) >= 11 is 1.58. The summed E-state index contributed by atoms with van der Waals surface area (Å²) in [5.41, 5.74) is 2.32. The SMILES string of the molecule is C/C(=N\OCc1ccc(C(F)(F)F)cc1)c1ccc(OCc2csc(C)n2)cc1. The highest BCUT2D eigenvalue weighted by Gasteiger charge is 2.29. The van der Waals surface area contributed by atoms with Crippen LogP contribution in [-0.4, -0.2) is 10.7 Å². The highest BCUT2D eigenvalue weighted by atomic mass is 32.1. The maximum atomic E-state index is 12.6. The van der Waals surface area contributed by atoms with Crippen molar-refractivity contribution in [3.8, 4) is 5.75 Å². The molecular weight excluding hydrogens is 401 g/mol. The number of hydrogen-bond donors (Lipinski definition) is 0. The predicted molar refractivity (Wildman–Crippen MR) is 106 cm³/mol. The zero-order valence-electron chi connectivity index (χ0n) is 15.9. The fourth-order valence-corrected chi connectivity index (χ4v) is 3.07. The molecule has 0 aliphatic heterocycles. The van der Waals surface area contributed by atoms with E-state index in [4.69, 9.17) is 9.57 Å². The number of ether oxygens (including phenoxy) is 1. The third-order valence-electron chi connectivity index (χ3n) is 4.04. The molecule has 3 rings (SSSR count). The molecular formula is C21H19F3N2O2S. The van der Waals surface area contributed by atoms with Gasteiger partial charge in [-0.1, -0.05) is 17.3 Å². The van der Waals surface area contributed by atoms with Crippen molar-refractivity contribution < 1.29 is 22.7 Å². The molecule has 29 heavy (non-hydrogen) atoms. The summed E-state index contributed by atoms with van der Waals surface area (Å²) in [5.74, 6) is 0.720. The van der Waals surface area contributed by atoms with Gasteiger partial charge in [0.25, 0.3) is 0 Å². The molecule has 2 aromatic carbocycles. The average molecular weight is 420 g/mol. The molecule has 8 heteroatoms. The number of nitrogens with zero attached hydrogens (tertiary/aromatic N) is 2. The highest BCUT2D eigenvalue weighted by molar-refractivity contribution is 7.09. The van der Waals surface area contributed by atoms with Crippen molar-refractivity contribution in [3.63, 3.8) is 0 Å². The summed E-state index contributed by atoms with van der Waals surface area (Å²) in [4.78, 5) is 9.62. The molecule has 4 nitrogen and oxygen atoms in total. The van der Waals surface area contributed by atoms with Crippen LogP contribution in [0.3, 0.4) is 0 Å². The average Bonchev–Trinajstić information content (AvgIpc) is 3.11. The van der Waals surface area contributed by atoms with Crippen LogP contribution in [0.1, 0.15) is 34.3 Å². The molecule has 152 valence electrons. The standard InChI is InChI=1S/C21H19F3N2O2S/c1-14(26-28-11-16-3-7-18(8-4-16)21(22,23)24)17-5-9-20(10-6-17)27-12-19-13-29-15(2)25-19/h3-10,13H,11-12H2,1-2H3/b26-14+. The highest BCUT2D eigenvalue weighted by Crippen LogP contribution is 2.29. The first kappa shape index (κ1) is 20.9. The zero-order valence-corrected chi connectivity index (χ0v) is 16.7. The third kappa shape index (κ3) is 6.05. The van der Waals surface area contributed by atoms with Gasteiger partial charge in [0.05, 0.1) is 22.0 Å². The minimum Gasteiger partial charge on any atom is -0.487 e. The number of alkyl halides is 3. The Labute approximate surface area is 170 Å². The fourth-order valence-electron chi connectivity index (χ4n) is 2.47. The van der Waals surface area contributed by atoms with Crippen molar-refractivity contribution in [2.75, 3.05) is 0 Å². The van der Waals surface area contributed by atoms with Gasteiger partial charge in [-0.15, -0.1) is 11.3 Å². The quantitative estimate of drug-likeness (QED) is 0.348. The van der Waals surface area contributed by atoms with Gasteiger partial charge in [0.2, 0.25) is 0 Å². The van der Waals surface area contributed by atoms with E-state index >= 15 is 0 Å². The monoisotopic (exact) mass is 420 g/mol. The van der Waals surface area contributed by atoms with Gasteiger partial charge in [0.15, 0.2) is 0 Å². The van der Waals surface area contributed by atoms with E-state index in [-0.39, 0.29) is 6.61 Å². The molecule has 1 aromatic heterocycles. The first-order valence-corrected chi connectivity index (χ1v) is 9.66. The second kappa shape index (κ2) is 9.09. The maximum absolute atomic E-state index is 12.6. The van der Waals surface area contributed by atoms with Crippen LogP contribution in [0.4, 0.5) is 13.2 Å². The number of aryl methyl sites for hydroxylation is 1. The molecule has 0 aliphatic carbocycles. The summed E-state index contributed by atoms with van der Waals surface area (Å²) in [6, 6.07) is 12.2. The Balaban J connectivity index is 1.51. The molecule has 0 amide bonds. The van der Waals surface area contributed by atoms with Gasteiger partial charge in [0.1, 0.15) is 19.0 Å². The Morgan fingerprint density at radius 3 is 2.31 bits per heavy atom. The second-order valence-corrected chi connectivity index (χ2v) is 7.38. The lowest BCUT2D eigenvalue weighted by molar-refractivity contribution is -0.137. The molecule has 0 N–H and O–H groups in total. The lowest BCUT2D eigenvalue weighted by atomic mass is 10.1. The van der Waals surface area contributed by atoms with Crippen molar-refractivity contribution in [3.05, 3.63) is 81.3 Å². The van der Waals surface area contributed by atoms with Gasteiger partial charge in [-0.2, -0.15) is 13.2 Å². The van der Waals surface area contributed by atoms with Crippen molar-refractivity contribution in [2.45, 2.75) is 33.2 Å². The van der Waals surface area contributed by atoms with Crippen LogP contribution in [0.25, 0.3) is 0 Å². The summed E-state index contributed by atoms with van der Waals surface area (Å²) in [6.07, 6.45) is -4.34. The van der Waals surface area contributed by atoms with Crippen LogP contribution in [0, 0.1) is 6.92 Å². The summed E-state index contributed by atoms with van der Waals surface area (Å²) in [7, 11) is 0. The van der Waals surface area contributed by atoms with Gasteiger partial charge < -0.3 is 9.57 Å². The van der Waals surface area contributed by atoms with E-state index in [0.29, 0.717) is 17.9 Å². The normalized spacial score (nSPS) is 12.1. The van der Waals surface area contributed by atoms with Crippen LogP contribution in [0.2, 0.25) is 0 Å². The number of benzene rings is 2. The van der Waals surface area contributed by atoms with Crippen LogP contribution >= 0.6 is 11.3 Å². The van der Waals surface area contributed by atoms with Crippen molar-refractivity contribution in [2.24, 2.45) is 5.16 Å². The summed E-state index contributed by atoms with van der Waals surface area (Å²) in [6.45, 7) is 4.24. The van der Waals surface area contributed by atoms with Crippen LogP contribution < -0.4 is 4.74 Å². The molecule has 0 fully saturated rings. The van der Waals surface area contributed by atoms with E-state index in [1.165, 1.54) is 12.1 Å². The van der Waals surface area contributed by atoms with Crippen molar-refractivity contribution in [1.82, 2.24) is 4.98 Å². The summed E-state index contributed by atoms with van der Waals surface area (Å²) in [5, 5.41) is 7.00. The molecule has 0 bridgehead atoms. The van der Waals surface area contributed by atoms with E-state index in [1.54, 1.807) is 18.3 Å². The summed E-state index contributed by atoms with van der Waals surface area (Å²) < 4.78 is 43.4. The van der Waals surface area contributed by atoms with E-state index in [0.717, 1.165) is 34.1 Å². The van der Waals surface area contributed by atoms with Crippen LogP contribution in [0.15, 0.2) is 59.1 Å². The lowest BCUT2D eigenvalue weighted by Gasteiger charge is -2.08.